The van der Waals surface area contributed by atoms with Crippen LogP contribution in [0.25, 0.3) is 0 Å². The zero-order chi connectivity index (χ0) is 13.2. The van der Waals surface area contributed by atoms with Crippen LogP contribution in [0.4, 0.5) is 0 Å². The van der Waals surface area contributed by atoms with Gasteiger partial charge in [-0.2, -0.15) is 0 Å². The van der Waals surface area contributed by atoms with E-state index in [-0.39, 0.29) is 0 Å². The molecule has 0 aromatic carbocycles. The molecule has 0 aliphatic heterocycles. The Hall–Kier alpha value is -0.0800. The summed E-state index contributed by atoms with van der Waals surface area (Å²) in [6.07, 6.45) is 2.77. The average molecular weight is 240 g/mol. The molecule has 0 radical (unpaired) electrons. The van der Waals surface area contributed by atoms with Gasteiger partial charge in [0.1, 0.15) is 0 Å². The fraction of sp³-hybridized carbons (Fsp3) is 1.00. The summed E-state index contributed by atoms with van der Waals surface area (Å²) in [5.41, 5.74) is 0.354. The molecule has 0 amide bonds. The van der Waals surface area contributed by atoms with Crippen LogP contribution in [0.5, 0.6) is 0 Å². The molecule has 0 heterocycles. The van der Waals surface area contributed by atoms with Gasteiger partial charge in [-0.15, -0.1) is 0 Å². The molecule has 1 rings (SSSR count). The molecule has 3 unspecified atom stereocenters. The first-order valence-corrected chi connectivity index (χ1v) is 7.18. The van der Waals surface area contributed by atoms with Crippen molar-refractivity contribution in [3.05, 3.63) is 0 Å². The molecule has 17 heavy (non-hydrogen) atoms. The molecule has 3 atom stereocenters. The Morgan fingerprint density at radius 3 is 2.12 bits per heavy atom. The number of rotatable bonds is 6. The highest BCUT2D eigenvalue weighted by atomic mass is 15.2. The SMILES string of the molecule is CC(CNC1CC1)C(C)N(C)C(C)C(C)(C)C. The van der Waals surface area contributed by atoms with Crippen LogP contribution in [-0.2, 0) is 0 Å². The summed E-state index contributed by atoms with van der Waals surface area (Å²) in [5, 5.41) is 3.64. The smallest absolute Gasteiger partial charge is 0.0115 e. The Bertz CT molecular complexity index is 228. The second-order valence-corrected chi connectivity index (χ2v) is 7.11. The van der Waals surface area contributed by atoms with E-state index in [1.165, 1.54) is 12.8 Å². The first kappa shape index (κ1) is 15.0. The summed E-state index contributed by atoms with van der Waals surface area (Å²) in [6.45, 7) is 15.2. The first-order valence-electron chi connectivity index (χ1n) is 7.18. The van der Waals surface area contributed by atoms with Crippen LogP contribution < -0.4 is 5.32 Å². The highest BCUT2D eigenvalue weighted by Gasteiger charge is 2.29. The molecule has 0 saturated heterocycles. The summed E-state index contributed by atoms with van der Waals surface area (Å²) in [4.78, 5) is 2.54. The van der Waals surface area contributed by atoms with Gasteiger partial charge >= 0.3 is 0 Å². The summed E-state index contributed by atoms with van der Waals surface area (Å²) < 4.78 is 0. The maximum atomic E-state index is 3.64. The Kier molecular flexibility index (Phi) is 5.03. The topological polar surface area (TPSA) is 15.3 Å². The minimum absolute atomic E-state index is 0.354. The van der Waals surface area contributed by atoms with E-state index in [2.05, 4.69) is 58.8 Å². The fourth-order valence-corrected chi connectivity index (χ4v) is 2.18. The third kappa shape index (κ3) is 4.59. The zero-order valence-electron chi connectivity index (χ0n) is 12.9. The Balaban J connectivity index is 2.40. The zero-order valence-corrected chi connectivity index (χ0v) is 12.9. The van der Waals surface area contributed by atoms with Gasteiger partial charge in [-0.25, -0.2) is 0 Å². The summed E-state index contributed by atoms with van der Waals surface area (Å²) in [6, 6.07) is 2.08. The van der Waals surface area contributed by atoms with E-state index < -0.39 is 0 Å². The van der Waals surface area contributed by atoms with Crippen molar-refractivity contribution >= 4 is 0 Å². The molecule has 0 aromatic rings. The van der Waals surface area contributed by atoms with Gasteiger partial charge in [0.2, 0.25) is 0 Å². The molecule has 1 saturated carbocycles. The highest BCUT2D eigenvalue weighted by molar-refractivity contribution is 4.85. The van der Waals surface area contributed by atoms with Crippen LogP contribution in [0.3, 0.4) is 0 Å². The van der Waals surface area contributed by atoms with Crippen molar-refractivity contribution in [1.82, 2.24) is 10.2 Å². The predicted molar refractivity (Wildman–Crippen MR) is 76.3 cm³/mol. The molecule has 2 heteroatoms. The standard InChI is InChI=1S/C15H32N2/c1-11(10-16-14-8-9-14)12(2)17(7)13(3)15(4,5)6/h11-14,16H,8-10H2,1-7H3. The predicted octanol–water partition coefficient (Wildman–Crippen LogP) is 3.13. The van der Waals surface area contributed by atoms with Gasteiger partial charge in [0, 0.05) is 18.1 Å². The molecule has 1 aliphatic rings. The van der Waals surface area contributed by atoms with Crippen LogP contribution in [-0.4, -0.2) is 36.6 Å². The third-order valence-electron chi connectivity index (χ3n) is 4.64. The Morgan fingerprint density at radius 1 is 1.18 bits per heavy atom. The van der Waals surface area contributed by atoms with Gasteiger partial charge < -0.3 is 10.2 Å². The summed E-state index contributed by atoms with van der Waals surface area (Å²) >= 11 is 0. The van der Waals surface area contributed by atoms with Crippen LogP contribution in [0.1, 0.15) is 54.4 Å². The van der Waals surface area contributed by atoms with E-state index in [0.717, 1.165) is 12.6 Å². The van der Waals surface area contributed by atoms with E-state index in [4.69, 9.17) is 0 Å². The molecule has 102 valence electrons. The quantitative estimate of drug-likeness (QED) is 0.767. The van der Waals surface area contributed by atoms with Gasteiger partial charge in [-0.3, -0.25) is 0 Å². The van der Waals surface area contributed by atoms with Crippen LogP contribution in [0.2, 0.25) is 0 Å². The van der Waals surface area contributed by atoms with Crippen molar-refractivity contribution in [3.63, 3.8) is 0 Å². The average Bonchev–Trinajstić information content (AvgIpc) is 3.05. The van der Waals surface area contributed by atoms with Gasteiger partial charge in [0.15, 0.2) is 0 Å². The van der Waals surface area contributed by atoms with Crippen molar-refractivity contribution in [1.29, 1.82) is 0 Å². The van der Waals surface area contributed by atoms with Crippen LogP contribution in [0.15, 0.2) is 0 Å². The Labute approximate surface area is 108 Å². The van der Waals surface area contributed by atoms with Gasteiger partial charge in [-0.05, 0) is 51.6 Å². The van der Waals surface area contributed by atoms with Gasteiger partial charge in [0.05, 0.1) is 0 Å². The molecule has 1 N–H and O–H groups in total. The lowest BCUT2D eigenvalue weighted by Gasteiger charge is -2.41. The van der Waals surface area contributed by atoms with E-state index in [9.17, 15) is 0 Å². The largest absolute Gasteiger partial charge is 0.314 e. The lowest BCUT2D eigenvalue weighted by molar-refractivity contribution is 0.0795. The minimum Gasteiger partial charge on any atom is -0.314 e. The molecule has 0 spiro atoms. The molecular weight excluding hydrogens is 208 g/mol. The normalized spacial score (nSPS) is 22.6. The molecule has 0 bridgehead atoms. The molecule has 1 aliphatic carbocycles. The first-order chi connectivity index (χ1) is 7.73. The van der Waals surface area contributed by atoms with E-state index >= 15 is 0 Å². The number of hydrogen-bond donors (Lipinski definition) is 1. The van der Waals surface area contributed by atoms with Crippen molar-refractivity contribution in [2.45, 2.75) is 72.5 Å². The minimum atomic E-state index is 0.354. The van der Waals surface area contributed by atoms with Crippen LogP contribution in [0, 0.1) is 11.3 Å². The molecule has 1 fully saturated rings. The second kappa shape index (κ2) is 5.71. The van der Waals surface area contributed by atoms with E-state index in [0.29, 0.717) is 23.4 Å². The molecule has 0 aromatic heterocycles. The fourth-order valence-electron chi connectivity index (χ4n) is 2.18. The molecule has 2 nitrogen and oxygen atoms in total. The monoisotopic (exact) mass is 240 g/mol. The number of nitrogens with zero attached hydrogens (tertiary/aromatic N) is 1. The molecular formula is C15H32N2. The maximum absolute atomic E-state index is 3.64. The lowest BCUT2D eigenvalue weighted by Crippen LogP contribution is -2.48. The number of hydrogen-bond acceptors (Lipinski definition) is 2. The van der Waals surface area contributed by atoms with Crippen molar-refractivity contribution in [3.8, 4) is 0 Å². The Morgan fingerprint density at radius 2 is 1.71 bits per heavy atom. The van der Waals surface area contributed by atoms with Crippen molar-refractivity contribution < 1.29 is 0 Å². The number of nitrogens with one attached hydrogen (secondary N) is 1. The van der Waals surface area contributed by atoms with E-state index in [1.54, 1.807) is 0 Å². The lowest BCUT2D eigenvalue weighted by atomic mass is 9.85. The summed E-state index contributed by atoms with van der Waals surface area (Å²) in [5.74, 6) is 0.713. The van der Waals surface area contributed by atoms with Crippen molar-refractivity contribution in [2.24, 2.45) is 11.3 Å². The maximum Gasteiger partial charge on any atom is 0.0115 e. The van der Waals surface area contributed by atoms with E-state index in [1.807, 2.05) is 0 Å². The highest BCUT2D eigenvalue weighted by Crippen LogP contribution is 2.26. The second-order valence-electron chi connectivity index (χ2n) is 7.11. The van der Waals surface area contributed by atoms with Crippen LogP contribution >= 0.6 is 0 Å². The van der Waals surface area contributed by atoms with Gasteiger partial charge in [-0.1, -0.05) is 27.7 Å². The summed E-state index contributed by atoms with van der Waals surface area (Å²) in [7, 11) is 2.27. The van der Waals surface area contributed by atoms with Gasteiger partial charge in [0.25, 0.3) is 0 Å². The van der Waals surface area contributed by atoms with Crippen molar-refractivity contribution in [2.75, 3.05) is 13.6 Å². The third-order valence-corrected chi connectivity index (χ3v) is 4.64.